The summed E-state index contributed by atoms with van der Waals surface area (Å²) < 4.78 is 0. The minimum atomic E-state index is -1.33. The molecule has 0 saturated carbocycles. The third kappa shape index (κ3) is 5.91. The Balaban J connectivity index is 2.90. The van der Waals surface area contributed by atoms with Crippen LogP contribution in [0.1, 0.15) is 19.3 Å². The molecule has 0 fully saturated rings. The number of rotatable bonds is 8. The molecule has 1 aliphatic heterocycles. The maximum Gasteiger partial charge on any atom is 0.351 e. The molecule has 0 aromatic heterocycles. The van der Waals surface area contributed by atoms with E-state index in [4.69, 9.17) is 20.4 Å². The summed E-state index contributed by atoms with van der Waals surface area (Å²) in [5.74, 6) is -4.99. The lowest BCUT2D eigenvalue weighted by atomic mass is 10.00. The quantitative estimate of drug-likeness (QED) is 0.372. The van der Waals surface area contributed by atoms with Crippen molar-refractivity contribution in [2.24, 2.45) is 4.99 Å². The highest BCUT2D eigenvalue weighted by atomic mass is 16.4. The number of nitrogens with zero attached hydrogens (tertiary/aromatic N) is 1. The molecule has 1 heterocycles. The Morgan fingerprint density at radius 3 is 2.42 bits per heavy atom. The molecule has 0 amide bonds. The number of aliphatic imine (C=N–C) groups is 1. The van der Waals surface area contributed by atoms with E-state index in [-0.39, 0.29) is 25.0 Å². The SMILES string of the molecule is O=C(O)CCC(N=CC=C1C=C(C(=O)O)NC(C(=O)O)C1)C(=O)O. The summed E-state index contributed by atoms with van der Waals surface area (Å²) in [5.41, 5.74) is 0.0404. The van der Waals surface area contributed by atoms with Crippen molar-refractivity contribution in [1.82, 2.24) is 5.32 Å². The van der Waals surface area contributed by atoms with Gasteiger partial charge in [0.25, 0.3) is 0 Å². The zero-order valence-corrected chi connectivity index (χ0v) is 12.4. The maximum absolute atomic E-state index is 11.0. The molecular weight excluding hydrogens is 324 g/mol. The number of aliphatic carboxylic acids is 4. The van der Waals surface area contributed by atoms with E-state index in [2.05, 4.69) is 10.3 Å². The van der Waals surface area contributed by atoms with Gasteiger partial charge in [0, 0.05) is 19.1 Å². The lowest BCUT2D eigenvalue weighted by Gasteiger charge is -2.21. The van der Waals surface area contributed by atoms with E-state index in [9.17, 15) is 19.2 Å². The second-order valence-electron chi connectivity index (χ2n) is 4.93. The summed E-state index contributed by atoms with van der Waals surface area (Å²) in [6.45, 7) is 0. The Morgan fingerprint density at radius 1 is 1.25 bits per heavy atom. The molecule has 10 nitrogen and oxygen atoms in total. The fourth-order valence-electron chi connectivity index (χ4n) is 1.91. The molecule has 0 aromatic rings. The highest BCUT2D eigenvalue weighted by Gasteiger charge is 2.26. The van der Waals surface area contributed by atoms with Crippen LogP contribution in [0.5, 0.6) is 0 Å². The Kier molecular flexibility index (Phi) is 6.65. The summed E-state index contributed by atoms with van der Waals surface area (Å²) in [4.78, 5) is 47.1. The fraction of sp³-hybridized carbons (Fsp3) is 0.357. The third-order valence-electron chi connectivity index (χ3n) is 3.10. The van der Waals surface area contributed by atoms with E-state index in [1.165, 1.54) is 12.2 Å². The molecule has 0 saturated heterocycles. The van der Waals surface area contributed by atoms with E-state index in [1.54, 1.807) is 0 Å². The van der Waals surface area contributed by atoms with E-state index < -0.39 is 36.0 Å². The fourth-order valence-corrected chi connectivity index (χ4v) is 1.91. The molecule has 2 atom stereocenters. The zero-order valence-electron chi connectivity index (χ0n) is 12.4. The smallest absolute Gasteiger partial charge is 0.351 e. The van der Waals surface area contributed by atoms with Gasteiger partial charge in [-0.1, -0.05) is 0 Å². The van der Waals surface area contributed by atoms with Crippen molar-refractivity contribution < 1.29 is 39.6 Å². The normalized spacial score (nSPS) is 20.2. The highest BCUT2D eigenvalue weighted by Crippen LogP contribution is 2.16. The molecule has 130 valence electrons. The summed E-state index contributed by atoms with van der Waals surface area (Å²) >= 11 is 0. The van der Waals surface area contributed by atoms with Gasteiger partial charge in [-0.2, -0.15) is 0 Å². The van der Waals surface area contributed by atoms with Crippen LogP contribution < -0.4 is 5.32 Å². The molecule has 10 heteroatoms. The van der Waals surface area contributed by atoms with Crippen LogP contribution in [0.4, 0.5) is 0 Å². The van der Waals surface area contributed by atoms with E-state index in [0.29, 0.717) is 5.57 Å². The Morgan fingerprint density at radius 2 is 1.92 bits per heavy atom. The Hall–Kier alpha value is -3.17. The summed E-state index contributed by atoms with van der Waals surface area (Å²) in [7, 11) is 0. The minimum absolute atomic E-state index is 0.00893. The molecule has 1 aliphatic rings. The van der Waals surface area contributed by atoms with Gasteiger partial charge in [-0.25, -0.2) is 14.4 Å². The largest absolute Gasteiger partial charge is 0.481 e. The van der Waals surface area contributed by atoms with Crippen molar-refractivity contribution in [3.63, 3.8) is 0 Å². The summed E-state index contributed by atoms with van der Waals surface area (Å²) in [6, 6.07) is -2.37. The van der Waals surface area contributed by atoms with Crippen LogP contribution in [-0.2, 0) is 19.2 Å². The molecule has 0 radical (unpaired) electrons. The molecule has 2 unspecified atom stereocenters. The van der Waals surface area contributed by atoms with Gasteiger partial charge in [-0.3, -0.25) is 9.79 Å². The summed E-state index contributed by atoms with van der Waals surface area (Å²) in [5, 5.41) is 37.8. The van der Waals surface area contributed by atoms with Gasteiger partial charge in [0.15, 0.2) is 0 Å². The minimum Gasteiger partial charge on any atom is -0.481 e. The van der Waals surface area contributed by atoms with Crippen LogP contribution in [0.25, 0.3) is 0 Å². The average molecular weight is 340 g/mol. The Labute approximate surface area is 135 Å². The monoisotopic (exact) mass is 340 g/mol. The van der Waals surface area contributed by atoms with Gasteiger partial charge in [0.2, 0.25) is 0 Å². The first-order valence-electron chi connectivity index (χ1n) is 6.82. The van der Waals surface area contributed by atoms with Crippen LogP contribution in [0.15, 0.2) is 28.4 Å². The van der Waals surface area contributed by atoms with Crippen LogP contribution in [0, 0.1) is 0 Å². The molecule has 5 N–H and O–H groups in total. The number of hydrogen-bond donors (Lipinski definition) is 5. The predicted molar refractivity (Wildman–Crippen MR) is 79.8 cm³/mol. The highest BCUT2D eigenvalue weighted by molar-refractivity contribution is 5.90. The molecule has 0 bridgehead atoms. The van der Waals surface area contributed by atoms with Gasteiger partial charge >= 0.3 is 23.9 Å². The van der Waals surface area contributed by atoms with E-state index >= 15 is 0 Å². The number of hydrogen-bond acceptors (Lipinski definition) is 6. The maximum atomic E-state index is 11.0. The zero-order chi connectivity index (χ0) is 18.3. The lowest BCUT2D eigenvalue weighted by molar-refractivity contribution is -0.141. The van der Waals surface area contributed by atoms with Crippen molar-refractivity contribution in [2.45, 2.75) is 31.3 Å². The van der Waals surface area contributed by atoms with Crippen LogP contribution in [0.2, 0.25) is 0 Å². The van der Waals surface area contributed by atoms with Crippen molar-refractivity contribution in [3.8, 4) is 0 Å². The van der Waals surface area contributed by atoms with Gasteiger partial charge in [-0.05, 0) is 24.1 Å². The second kappa shape index (κ2) is 8.46. The van der Waals surface area contributed by atoms with E-state index in [1.807, 2.05) is 0 Å². The standard InChI is InChI=1S/C14H16N2O8/c17-11(18)2-1-8(12(19)20)15-4-3-7-5-9(13(21)22)16-10(6-7)14(23)24/h3-5,8,10,16H,1-2,6H2,(H,17,18)(H,19,20)(H,21,22)(H,23,24). The van der Waals surface area contributed by atoms with Crippen molar-refractivity contribution >= 4 is 30.1 Å². The topological polar surface area (TPSA) is 174 Å². The number of nitrogens with one attached hydrogen (secondary N) is 1. The van der Waals surface area contributed by atoms with Crippen LogP contribution >= 0.6 is 0 Å². The number of carboxylic acids is 4. The number of allylic oxidation sites excluding steroid dienone is 2. The lowest BCUT2D eigenvalue weighted by Crippen LogP contribution is -2.41. The van der Waals surface area contributed by atoms with Crippen molar-refractivity contribution in [2.75, 3.05) is 0 Å². The third-order valence-corrected chi connectivity index (χ3v) is 3.10. The van der Waals surface area contributed by atoms with Crippen LogP contribution in [-0.4, -0.2) is 62.6 Å². The van der Waals surface area contributed by atoms with Gasteiger partial charge < -0.3 is 25.7 Å². The Bertz CT molecular complexity index is 635. The van der Waals surface area contributed by atoms with Crippen LogP contribution in [0.3, 0.4) is 0 Å². The van der Waals surface area contributed by atoms with E-state index in [0.717, 1.165) is 6.21 Å². The number of carbonyl (C=O) groups is 4. The first-order chi connectivity index (χ1) is 11.2. The molecule has 0 spiro atoms. The van der Waals surface area contributed by atoms with Gasteiger partial charge in [0.1, 0.15) is 17.8 Å². The molecule has 24 heavy (non-hydrogen) atoms. The van der Waals surface area contributed by atoms with Gasteiger partial charge in [-0.15, -0.1) is 0 Å². The summed E-state index contributed by atoms with van der Waals surface area (Å²) in [6.07, 6.45) is 3.07. The first-order valence-corrected chi connectivity index (χ1v) is 6.82. The average Bonchev–Trinajstić information content (AvgIpc) is 2.49. The first kappa shape index (κ1) is 18.9. The second-order valence-corrected chi connectivity index (χ2v) is 4.93. The molecule has 1 rings (SSSR count). The molecule has 0 aliphatic carbocycles. The predicted octanol–water partition coefficient (Wildman–Crippen LogP) is -0.283. The number of carboxylic acid groups (broad SMARTS) is 4. The van der Waals surface area contributed by atoms with Crippen molar-refractivity contribution in [1.29, 1.82) is 0 Å². The molecule has 0 aromatic carbocycles. The van der Waals surface area contributed by atoms with Crippen molar-refractivity contribution in [3.05, 3.63) is 23.4 Å². The molecular formula is C14H16N2O8. The van der Waals surface area contributed by atoms with Gasteiger partial charge in [0.05, 0.1) is 0 Å².